The molecule has 2 rings (SSSR count). The molecule has 1 aromatic carbocycles. The first kappa shape index (κ1) is 18.0. The first-order valence-electron chi connectivity index (χ1n) is 6.84. The minimum absolute atomic E-state index is 0.0936. The highest BCUT2D eigenvalue weighted by Gasteiger charge is 2.51. The van der Waals surface area contributed by atoms with E-state index in [0.717, 1.165) is 6.26 Å². The molecular weight excluding hydrogens is 326 g/mol. The molecule has 9 heteroatoms. The van der Waals surface area contributed by atoms with E-state index in [1.165, 1.54) is 32.4 Å². The van der Waals surface area contributed by atoms with Gasteiger partial charge in [0.1, 0.15) is 17.6 Å². The summed E-state index contributed by atoms with van der Waals surface area (Å²) in [5, 5.41) is 10.5. The van der Waals surface area contributed by atoms with Gasteiger partial charge in [0.15, 0.2) is 11.9 Å². The lowest BCUT2D eigenvalue weighted by Crippen LogP contribution is -2.61. The normalized spacial score (nSPS) is 27.4. The van der Waals surface area contributed by atoms with Crippen LogP contribution in [-0.2, 0) is 19.6 Å². The average molecular weight is 347 g/mol. The summed E-state index contributed by atoms with van der Waals surface area (Å²) in [6.07, 6.45) is -1.05. The Hall–Kier alpha value is -1.39. The average Bonchev–Trinajstić information content (AvgIpc) is 2.45. The fraction of sp³-hybridized carbons (Fsp3) is 0.571. The van der Waals surface area contributed by atoms with E-state index < -0.39 is 34.2 Å². The van der Waals surface area contributed by atoms with Crippen LogP contribution in [0, 0.1) is 0 Å². The van der Waals surface area contributed by atoms with Gasteiger partial charge in [-0.15, -0.1) is 0 Å². The van der Waals surface area contributed by atoms with Crippen molar-refractivity contribution in [3.8, 4) is 11.5 Å². The number of ether oxygens (including phenoxy) is 3. The van der Waals surface area contributed by atoms with Gasteiger partial charge in [0.05, 0.1) is 12.3 Å². The van der Waals surface area contributed by atoms with Crippen molar-refractivity contribution >= 4 is 10.1 Å². The fourth-order valence-corrected chi connectivity index (χ4v) is 3.14. The smallest absolute Gasteiger partial charge is 0.306 e. The molecule has 8 nitrogen and oxygen atoms in total. The third kappa shape index (κ3) is 3.43. The summed E-state index contributed by atoms with van der Waals surface area (Å²) in [6, 6.07) is 3.57. The lowest BCUT2D eigenvalue weighted by molar-refractivity contribution is -0.237. The summed E-state index contributed by atoms with van der Waals surface area (Å²) in [5.74, 6) is 0.487. The lowest BCUT2D eigenvalue weighted by atomic mass is 9.85. The molecule has 0 amide bonds. The third-order valence-electron chi connectivity index (χ3n) is 3.74. The zero-order valence-electron chi connectivity index (χ0n) is 13.3. The molecule has 0 fully saturated rings. The molecule has 1 aromatic rings. The first-order valence-corrected chi connectivity index (χ1v) is 8.65. The van der Waals surface area contributed by atoms with Crippen molar-refractivity contribution in [2.45, 2.75) is 31.0 Å². The molecule has 1 aliphatic heterocycles. The standard InChI is InChI=1S/C14H21NO7S/c1-14(13(19-2)20-3)12(16)11(15)9-7-8(22-23(4,17)18)5-6-10(9)21-14/h5-7,11-13,16H,15H2,1-4H3/t11-,12+,14-/m1/s1. The van der Waals surface area contributed by atoms with Crippen molar-refractivity contribution in [2.75, 3.05) is 20.5 Å². The maximum Gasteiger partial charge on any atom is 0.306 e. The number of nitrogens with two attached hydrogens (primary N) is 1. The van der Waals surface area contributed by atoms with E-state index in [9.17, 15) is 13.5 Å². The van der Waals surface area contributed by atoms with E-state index in [4.69, 9.17) is 24.1 Å². The van der Waals surface area contributed by atoms with E-state index in [2.05, 4.69) is 0 Å². The molecule has 0 bridgehead atoms. The van der Waals surface area contributed by atoms with Gasteiger partial charge >= 0.3 is 10.1 Å². The minimum Gasteiger partial charge on any atom is -0.479 e. The van der Waals surface area contributed by atoms with Crippen LogP contribution >= 0.6 is 0 Å². The molecule has 0 aliphatic carbocycles. The van der Waals surface area contributed by atoms with Crippen LogP contribution in [-0.4, -0.2) is 52.0 Å². The summed E-state index contributed by atoms with van der Waals surface area (Å²) >= 11 is 0. The van der Waals surface area contributed by atoms with Gasteiger partial charge in [-0.25, -0.2) is 0 Å². The van der Waals surface area contributed by atoms with Gasteiger partial charge in [-0.3, -0.25) is 0 Å². The monoisotopic (exact) mass is 347 g/mol. The minimum atomic E-state index is -3.66. The molecule has 0 saturated heterocycles. The highest BCUT2D eigenvalue weighted by molar-refractivity contribution is 7.86. The van der Waals surface area contributed by atoms with E-state index in [1.54, 1.807) is 6.92 Å². The van der Waals surface area contributed by atoms with Crippen LogP contribution < -0.4 is 14.7 Å². The van der Waals surface area contributed by atoms with Gasteiger partial charge in [-0.05, 0) is 25.1 Å². The van der Waals surface area contributed by atoms with E-state index in [-0.39, 0.29) is 5.75 Å². The topological polar surface area (TPSA) is 117 Å². The van der Waals surface area contributed by atoms with Gasteiger partial charge in [-0.2, -0.15) is 8.42 Å². The zero-order chi connectivity index (χ0) is 17.4. The maximum atomic E-state index is 11.2. The van der Waals surface area contributed by atoms with Gasteiger partial charge in [0.2, 0.25) is 0 Å². The molecule has 0 radical (unpaired) electrons. The third-order valence-corrected chi connectivity index (χ3v) is 4.24. The van der Waals surface area contributed by atoms with Gasteiger partial charge in [-0.1, -0.05) is 0 Å². The van der Waals surface area contributed by atoms with Crippen LogP contribution in [0.15, 0.2) is 18.2 Å². The van der Waals surface area contributed by atoms with E-state index >= 15 is 0 Å². The molecule has 0 aromatic heterocycles. The Labute approximate surface area is 135 Å². The van der Waals surface area contributed by atoms with Crippen molar-refractivity contribution in [1.29, 1.82) is 0 Å². The molecule has 1 heterocycles. The second-order valence-corrected chi connectivity index (χ2v) is 7.12. The predicted molar refractivity (Wildman–Crippen MR) is 81.7 cm³/mol. The Bertz CT molecular complexity index is 674. The van der Waals surface area contributed by atoms with Crippen LogP contribution in [0.3, 0.4) is 0 Å². The Morgan fingerprint density at radius 3 is 2.48 bits per heavy atom. The van der Waals surface area contributed by atoms with Crippen LogP contribution in [0.1, 0.15) is 18.5 Å². The number of fused-ring (bicyclic) bond motifs is 1. The molecule has 23 heavy (non-hydrogen) atoms. The van der Waals surface area contributed by atoms with Crippen molar-refractivity contribution in [2.24, 2.45) is 5.73 Å². The molecule has 3 N–H and O–H groups in total. The second kappa shape index (κ2) is 6.25. The van der Waals surface area contributed by atoms with E-state index in [1.807, 2.05) is 0 Å². The number of rotatable bonds is 5. The SMILES string of the molecule is COC(OC)[C@]1(C)Oc2ccc(OS(C)(=O)=O)cc2[C@@H](N)[C@@H]1O. The van der Waals surface area contributed by atoms with Crippen LogP contribution in [0.5, 0.6) is 11.5 Å². The Kier molecular flexibility index (Phi) is 4.88. The van der Waals surface area contributed by atoms with Crippen LogP contribution in [0.25, 0.3) is 0 Å². The van der Waals surface area contributed by atoms with Gasteiger partial charge in [0, 0.05) is 19.8 Å². The predicted octanol–water partition coefficient (Wildman–Crippen LogP) is 0.156. The van der Waals surface area contributed by atoms with Crippen molar-refractivity contribution in [3.05, 3.63) is 23.8 Å². The summed E-state index contributed by atoms with van der Waals surface area (Å²) < 4.78 is 43.5. The van der Waals surface area contributed by atoms with E-state index in [0.29, 0.717) is 11.3 Å². The summed E-state index contributed by atoms with van der Waals surface area (Å²) in [6.45, 7) is 1.62. The number of aliphatic hydroxyl groups excluding tert-OH is 1. The second-order valence-electron chi connectivity index (χ2n) is 5.55. The number of methoxy groups -OCH3 is 2. The Morgan fingerprint density at radius 1 is 1.35 bits per heavy atom. The quantitative estimate of drug-likeness (QED) is 0.571. The summed E-state index contributed by atoms with van der Waals surface area (Å²) in [4.78, 5) is 0. The largest absolute Gasteiger partial charge is 0.479 e. The molecule has 130 valence electrons. The number of benzene rings is 1. The van der Waals surface area contributed by atoms with Gasteiger partial charge in [0.25, 0.3) is 0 Å². The molecule has 0 spiro atoms. The van der Waals surface area contributed by atoms with Crippen molar-refractivity contribution in [1.82, 2.24) is 0 Å². The number of hydrogen-bond acceptors (Lipinski definition) is 8. The Balaban J connectivity index is 2.42. The molecule has 1 aliphatic rings. The molecule has 0 unspecified atom stereocenters. The highest BCUT2D eigenvalue weighted by atomic mass is 32.2. The maximum absolute atomic E-state index is 11.2. The zero-order valence-corrected chi connectivity index (χ0v) is 14.2. The number of aliphatic hydroxyl groups is 1. The molecule has 0 saturated carbocycles. The van der Waals surface area contributed by atoms with Crippen molar-refractivity contribution < 1.29 is 31.9 Å². The lowest BCUT2D eigenvalue weighted by Gasteiger charge is -2.45. The fourth-order valence-electron chi connectivity index (χ4n) is 2.68. The summed E-state index contributed by atoms with van der Waals surface area (Å²) in [5.41, 5.74) is 5.30. The summed E-state index contributed by atoms with van der Waals surface area (Å²) in [7, 11) is -0.803. The Morgan fingerprint density at radius 2 is 1.96 bits per heavy atom. The van der Waals surface area contributed by atoms with Crippen LogP contribution in [0.2, 0.25) is 0 Å². The van der Waals surface area contributed by atoms with Crippen molar-refractivity contribution in [3.63, 3.8) is 0 Å². The molecule has 3 atom stereocenters. The first-order chi connectivity index (χ1) is 10.6. The van der Waals surface area contributed by atoms with Crippen LogP contribution in [0.4, 0.5) is 0 Å². The highest BCUT2D eigenvalue weighted by Crippen LogP contribution is 2.42. The molecular formula is C14H21NO7S. The van der Waals surface area contributed by atoms with Gasteiger partial charge < -0.3 is 29.2 Å². The number of hydrogen-bond donors (Lipinski definition) is 2.